The highest BCUT2D eigenvalue weighted by Gasteiger charge is 2.32. The fourth-order valence-electron chi connectivity index (χ4n) is 3.54. The molecule has 4 rings (SSSR count). The van der Waals surface area contributed by atoms with E-state index in [2.05, 4.69) is 30.8 Å². The first kappa shape index (κ1) is 18.6. The van der Waals surface area contributed by atoms with Gasteiger partial charge in [-0.05, 0) is 36.2 Å². The molecule has 0 radical (unpaired) electrons. The summed E-state index contributed by atoms with van der Waals surface area (Å²) in [4.78, 5) is 16.9. The third-order valence-corrected chi connectivity index (χ3v) is 4.90. The van der Waals surface area contributed by atoms with Crippen molar-refractivity contribution in [3.05, 3.63) is 60.2 Å². The van der Waals surface area contributed by atoms with Crippen molar-refractivity contribution < 1.29 is 13.2 Å². The van der Waals surface area contributed by atoms with Gasteiger partial charge in [0.25, 0.3) is 0 Å². The lowest BCUT2D eigenvalue weighted by molar-refractivity contribution is -0.140. The van der Waals surface area contributed by atoms with Crippen molar-refractivity contribution in [3.63, 3.8) is 0 Å². The number of alkyl halides is 3. The summed E-state index contributed by atoms with van der Waals surface area (Å²) < 4.78 is 38.8. The summed E-state index contributed by atoms with van der Waals surface area (Å²) >= 11 is 0. The second-order valence-electron chi connectivity index (χ2n) is 6.87. The average molecular weight is 387 g/mol. The van der Waals surface area contributed by atoms with Gasteiger partial charge in [0.2, 0.25) is 0 Å². The number of pyridine rings is 3. The normalized spacial score (nSPS) is 16.3. The number of hydrogen-bond donors (Lipinski definition) is 0. The van der Waals surface area contributed by atoms with Crippen LogP contribution in [0.3, 0.4) is 0 Å². The van der Waals surface area contributed by atoms with Gasteiger partial charge in [-0.15, -0.1) is 0 Å². The minimum absolute atomic E-state index is 0.316. The van der Waals surface area contributed by atoms with E-state index < -0.39 is 11.9 Å². The van der Waals surface area contributed by atoms with E-state index in [1.54, 1.807) is 6.20 Å². The molecule has 0 aliphatic carbocycles. The maximum atomic E-state index is 12.9. The van der Waals surface area contributed by atoms with E-state index in [0.29, 0.717) is 16.7 Å². The third kappa shape index (κ3) is 4.06. The Bertz CT molecular complexity index is 945. The predicted molar refractivity (Wildman–Crippen MR) is 101 cm³/mol. The van der Waals surface area contributed by atoms with E-state index in [9.17, 15) is 13.2 Å². The van der Waals surface area contributed by atoms with Gasteiger partial charge in [-0.3, -0.25) is 9.88 Å². The zero-order chi connectivity index (χ0) is 19.6. The first-order valence-corrected chi connectivity index (χ1v) is 9.20. The summed E-state index contributed by atoms with van der Waals surface area (Å²) in [5.41, 5.74) is 0.607. The van der Waals surface area contributed by atoms with Crippen LogP contribution in [0.2, 0.25) is 0 Å². The van der Waals surface area contributed by atoms with Crippen molar-refractivity contribution in [3.8, 4) is 0 Å². The molecule has 1 fully saturated rings. The molecule has 0 N–H and O–H groups in total. The van der Waals surface area contributed by atoms with E-state index >= 15 is 0 Å². The van der Waals surface area contributed by atoms with Gasteiger partial charge >= 0.3 is 6.18 Å². The third-order valence-electron chi connectivity index (χ3n) is 4.90. The Morgan fingerprint density at radius 1 is 0.964 bits per heavy atom. The van der Waals surface area contributed by atoms with Crippen LogP contribution in [0.25, 0.3) is 10.9 Å². The lowest BCUT2D eigenvalue weighted by Gasteiger charge is -2.24. The van der Waals surface area contributed by atoms with Crippen LogP contribution in [0.15, 0.2) is 48.9 Å². The zero-order valence-electron chi connectivity index (χ0n) is 15.2. The number of nitrogens with zero attached hydrogens (tertiary/aromatic N) is 5. The molecule has 0 aromatic carbocycles. The highest BCUT2D eigenvalue weighted by molar-refractivity contribution is 5.89. The summed E-state index contributed by atoms with van der Waals surface area (Å²) in [5, 5.41) is 0.649. The van der Waals surface area contributed by atoms with Crippen LogP contribution in [0, 0.1) is 0 Å². The van der Waals surface area contributed by atoms with Gasteiger partial charge in [-0.1, -0.05) is 6.07 Å². The summed E-state index contributed by atoms with van der Waals surface area (Å²) in [6.45, 7) is 4.19. The maximum absolute atomic E-state index is 12.9. The molecule has 0 spiro atoms. The van der Waals surface area contributed by atoms with Crippen molar-refractivity contribution in [2.75, 3.05) is 31.1 Å². The van der Waals surface area contributed by atoms with Crippen LogP contribution in [0.1, 0.15) is 17.7 Å². The van der Waals surface area contributed by atoms with Crippen LogP contribution >= 0.6 is 0 Å². The first-order chi connectivity index (χ1) is 13.5. The van der Waals surface area contributed by atoms with E-state index in [1.165, 1.54) is 23.9 Å². The monoisotopic (exact) mass is 387 g/mol. The van der Waals surface area contributed by atoms with Crippen LogP contribution in [0.4, 0.5) is 19.0 Å². The topological polar surface area (TPSA) is 45.2 Å². The van der Waals surface area contributed by atoms with Crippen LogP contribution < -0.4 is 4.90 Å². The molecule has 0 atom stereocenters. The number of hydrogen-bond acceptors (Lipinski definition) is 5. The number of rotatable bonds is 3. The molecule has 146 valence electrons. The Morgan fingerprint density at radius 3 is 2.64 bits per heavy atom. The second kappa shape index (κ2) is 7.71. The molecule has 3 aromatic heterocycles. The molecule has 3 aromatic rings. The predicted octanol–water partition coefficient (Wildman–Crippen LogP) is 3.76. The molecular weight excluding hydrogens is 367 g/mol. The minimum Gasteiger partial charge on any atom is -0.355 e. The zero-order valence-corrected chi connectivity index (χ0v) is 15.2. The lowest BCUT2D eigenvalue weighted by atomic mass is 10.2. The lowest BCUT2D eigenvalue weighted by Crippen LogP contribution is -2.31. The molecule has 0 amide bonds. The molecule has 0 saturated carbocycles. The van der Waals surface area contributed by atoms with Gasteiger partial charge in [0, 0.05) is 56.7 Å². The smallest absolute Gasteiger partial charge is 0.355 e. The van der Waals surface area contributed by atoms with Crippen molar-refractivity contribution in [1.29, 1.82) is 0 Å². The van der Waals surface area contributed by atoms with Crippen LogP contribution in [-0.4, -0.2) is 46.0 Å². The molecule has 0 unspecified atom stereocenters. The SMILES string of the molecule is FC(F)(F)c1ccc2c(N3CCCN(Cc4cccnc4)CC3)nccc2n1. The van der Waals surface area contributed by atoms with Crippen molar-refractivity contribution in [2.45, 2.75) is 19.1 Å². The van der Waals surface area contributed by atoms with E-state index in [4.69, 9.17) is 0 Å². The highest BCUT2D eigenvalue weighted by Crippen LogP contribution is 2.31. The number of fused-ring (bicyclic) bond motifs is 1. The summed E-state index contributed by atoms with van der Waals surface area (Å²) in [6.07, 6.45) is 1.67. The van der Waals surface area contributed by atoms with Gasteiger partial charge in [0.05, 0.1) is 5.52 Å². The van der Waals surface area contributed by atoms with E-state index in [0.717, 1.165) is 45.2 Å². The summed E-state index contributed by atoms with van der Waals surface area (Å²) in [5.74, 6) is 0.696. The van der Waals surface area contributed by atoms with Crippen LogP contribution in [-0.2, 0) is 12.7 Å². The second-order valence-corrected chi connectivity index (χ2v) is 6.87. The largest absolute Gasteiger partial charge is 0.433 e. The van der Waals surface area contributed by atoms with Crippen molar-refractivity contribution in [1.82, 2.24) is 19.9 Å². The highest BCUT2D eigenvalue weighted by atomic mass is 19.4. The molecule has 1 aliphatic heterocycles. The quantitative estimate of drug-likeness (QED) is 0.685. The molecule has 1 saturated heterocycles. The number of halogens is 3. The van der Waals surface area contributed by atoms with Gasteiger partial charge < -0.3 is 4.90 Å². The Labute approximate surface area is 160 Å². The standard InChI is InChI=1S/C20H20F3N5/c21-20(22,23)18-5-4-16-17(26-18)6-8-25-19(16)28-10-2-9-27(11-12-28)14-15-3-1-7-24-13-15/h1,3-8,13H,2,9-12,14H2. The Morgan fingerprint density at radius 2 is 1.86 bits per heavy atom. The van der Waals surface area contributed by atoms with Gasteiger partial charge in [-0.25, -0.2) is 9.97 Å². The van der Waals surface area contributed by atoms with Gasteiger partial charge in [-0.2, -0.15) is 13.2 Å². The fraction of sp³-hybridized carbons (Fsp3) is 0.350. The summed E-state index contributed by atoms with van der Waals surface area (Å²) in [6, 6.07) is 8.03. The molecule has 8 heteroatoms. The molecule has 28 heavy (non-hydrogen) atoms. The average Bonchev–Trinajstić information content (AvgIpc) is 2.93. The fourth-order valence-corrected chi connectivity index (χ4v) is 3.54. The Balaban J connectivity index is 1.53. The maximum Gasteiger partial charge on any atom is 0.433 e. The Hall–Kier alpha value is -2.74. The molecular formula is C20H20F3N5. The van der Waals surface area contributed by atoms with E-state index in [-0.39, 0.29) is 0 Å². The van der Waals surface area contributed by atoms with Crippen LogP contribution in [0.5, 0.6) is 0 Å². The molecule has 0 bridgehead atoms. The van der Waals surface area contributed by atoms with Crippen molar-refractivity contribution >= 4 is 16.7 Å². The van der Waals surface area contributed by atoms with Gasteiger partial charge in [0.15, 0.2) is 0 Å². The van der Waals surface area contributed by atoms with Gasteiger partial charge in [0.1, 0.15) is 11.5 Å². The number of aromatic nitrogens is 3. The molecule has 5 nitrogen and oxygen atoms in total. The molecule has 4 heterocycles. The Kier molecular flexibility index (Phi) is 5.13. The number of anilines is 1. The van der Waals surface area contributed by atoms with E-state index in [1.807, 2.05) is 12.3 Å². The summed E-state index contributed by atoms with van der Waals surface area (Å²) in [7, 11) is 0. The first-order valence-electron chi connectivity index (χ1n) is 9.20. The van der Waals surface area contributed by atoms with Crippen molar-refractivity contribution in [2.24, 2.45) is 0 Å². The minimum atomic E-state index is -4.45. The molecule has 1 aliphatic rings.